The normalized spacial score (nSPS) is 14.8. The molecule has 3 heteroatoms. The number of anilines is 1. The van der Waals surface area contributed by atoms with Crippen molar-refractivity contribution in [1.82, 2.24) is 4.90 Å². The Morgan fingerprint density at radius 2 is 2.12 bits per heavy atom. The summed E-state index contributed by atoms with van der Waals surface area (Å²) in [6.07, 6.45) is 2.55. The van der Waals surface area contributed by atoms with Gasteiger partial charge >= 0.3 is 0 Å². The molecular weight excluding hydrogens is 200 g/mol. The quantitative estimate of drug-likeness (QED) is 0.837. The Morgan fingerprint density at radius 3 is 2.88 bits per heavy atom. The number of rotatable bonds is 3. The molecule has 0 saturated heterocycles. The summed E-state index contributed by atoms with van der Waals surface area (Å²) in [5.41, 5.74) is 3.62. The van der Waals surface area contributed by atoms with Crippen molar-refractivity contribution < 1.29 is 4.79 Å². The second-order valence-corrected chi connectivity index (χ2v) is 4.59. The molecule has 1 aliphatic heterocycles. The molecule has 3 nitrogen and oxygen atoms in total. The largest absolute Gasteiger partial charge is 0.326 e. The van der Waals surface area contributed by atoms with Crippen LogP contribution in [-0.4, -0.2) is 31.4 Å². The number of nitrogens with zero attached hydrogens (tertiary/aromatic N) is 1. The van der Waals surface area contributed by atoms with Crippen LogP contribution in [0.25, 0.3) is 0 Å². The molecule has 0 spiro atoms. The highest BCUT2D eigenvalue weighted by Crippen LogP contribution is 2.23. The van der Waals surface area contributed by atoms with E-state index in [4.69, 9.17) is 0 Å². The number of fused-ring (bicyclic) bond motifs is 1. The Balaban J connectivity index is 2.10. The van der Waals surface area contributed by atoms with Crippen LogP contribution in [-0.2, 0) is 17.6 Å². The first-order valence-corrected chi connectivity index (χ1v) is 5.71. The summed E-state index contributed by atoms with van der Waals surface area (Å²) < 4.78 is 0. The predicted octanol–water partition coefficient (Wildman–Crippen LogP) is 1.68. The van der Waals surface area contributed by atoms with Crippen LogP contribution in [0.1, 0.15) is 17.5 Å². The molecule has 86 valence electrons. The van der Waals surface area contributed by atoms with E-state index < -0.39 is 0 Å². The maximum atomic E-state index is 11.2. The summed E-state index contributed by atoms with van der Waals surface area (Å²) in [4.78, 5) is 13.4. The topological polar surface area (TPSA) is 32.3 Å². The molecule has 1 N–H and O–H groups in total. The molecule has 16 heavy (non-hydrogen) atoms. The van der Waals surface area contributed by atoms with Gasteiger partial charge in [-0.25, -0.2) is 0 Å². The standard InChI is InChI=1S/C13H18N2O/c1-15(2)8-7-10-3-5-12-11(9-10)4-6-13(16)14-12/h3,5,9H,4,6-8H2,1-2H3,(H,14,16). The summed E-state index contributed by atoms with van der Waals surface area (Å²) in [6.45, 7) is 1.06. The number of benzene rings is 1. The van der Waals surface area contributed by atoms with E-state index in [0.717, 1.165) is 25.1 Å². The minimum atomic E-state index is 0.133. The Bertz CT molecular complexity index is 399. The fourth-order valence-corrected chi connectivity index (χ4v) is 1.94. The van der Waals surface area contributed by atoms with Gasteiger partial charge in [0.25, 0.3) is 0 Å². The summed E-state index contributed by atoms with van der Waals surface area (Å²) >= 11 is 0. The third kappa shape index (κ3) is 2.61. The summed E-state index contributed by atoms with van der Waals surface area (Å²) in [5.74, 6) is 0.133. The van der Waals surface area contributed by atoms with Crippen molar-refractivity contribution in [2.75, 3.05) is 26.0 Å². The highest BCUT2D eigenvalue weighted by Gasteiger charge is 2.14. The number of amides is 1. The van der Waals surface area contributed by atoms with Crippen molar-refractivity contribution in [3.8, 4) is 0 Å². The Kier molecular flexibility index (Phi) is 3.25. The molecule has 0 fully saturated rings. The average Bonchev–Trinajstić information content (AvgIpc) is 2.26. The summed E-state index contributed by atoms with van der Waals surface area (Å²) in [7, 11) is 4.16. The lowest BCUT2D eigenvalue weighted by Gasteiger charge is -2.18. The van der Waals surface area contributed by atoms with Gasteiger partial charge in [-0.3, -0.25) is 4.79 Å². The van der Waals surface area contributed by atoms with E-state index in [0.29, 0.717) is 6.42 Å². The molecule has 1 heterocycles. The lowest BCUT2D eigenvalue weighted by Crippen LogP contribution is -2.19. The SMILES string of the molecule is CN(C)CCc1ccc2c(c1)CCC(=O)N2. The van der Waals surface area contributed by atoms with Crippen molar-refractivity contribution in [3.05, 3.63) is 29.3 Å². The second-order valence-electron chi connectivity index (χ2n) is 4.59. The molecule has 1 aromatic rings. The van der Waals surface area contributed by atoms with Gasteiger partial charge in [0.2, 0.25) is 5.91 Å². The van der Waals surface area contributed by atoms with Crippen LogP contribution in [0.5, 0.6) is 0 Å². The number of aryl methyl sites for hydroxylation is 1. The van der Waals surface area contributed by atoms with E-state index in [1.54, 1.807) is 0 Å². The zero-order chi connectivity index (χ0) is 11.5. The highest BCUT2D eigenvalue weighted by atomic mass is 16.1. The predicted molar refractivity (Wildman–Crippen MR) is 65.7 cm³/mol. The molecule has 2 rings (SSSR count). The van der Waals surface area contributed by atoms with Gasteiger partial charge in [-0.2, -0.15) is 0 Å². The van der Waals surface area contributed by atoms with E-state index in [9.17, 15) is 4.79 Å². The van der Waals surface area contributed by atoms with Crippen LogP contribution >= 0.6 is 0 Å². The zero-order valence-corrected chi connectivity index (χ0v) is 9.92. The number of carbonyl (C=O) groups excluding carboxylic acids is 1. The van der Waals surface area contributed by atoms with Gasteiger partial charge < -0.3 is 10.2 Å². The lowest BCUT2D eigenvalue weighted by atomic mass is 9.99. The summed E-state index contributed by atoms with van der Waals surface area (Å²) in [6, 6.07) is 6.35. The summed E-state index contributed by atoms with van der Waals surface area (Å²) in [5, 5.41) is 2.90. The number of hydrogen-bond donors (Lipinski definition) is 1. The Hall–Kier alpha value is -1.35. The molecule has 0 aromatic heterocycles. The van der Waals surface area contributed by atoms with Crippen LogP contribution < -0.4 is 5.32 Å². The number of carbonyl (C=O) groups is 1. The molecule has 0 atom stereocenters. The van der Waals surface area contributed by atoms with E-state index in [1.165, 1.54) is 11.1 Å². The van der Waals surface area contributed by atoms with Crippen molar-refractivity contribution in [1.29, 1.82) is 0 Å². The number of likely N-dealkylation sites (N-methyl/N-ethyl adjacent to an activating group) is 1. The van der Waals surface area contributed by atoms with Crippen molar-refractivity contribution in [2.24, 2.45) is 0 Å². The Labute approximate surface area is 96.5 Å². The maximum Gasteiger partial charge on any atom is 0.224 e. The van der Waals surface area contributed by atoms with E-state index in [1.807, 2.05) is 6.07 Å². The van der Waals surface area contributed by atoms with Crippen LogP contribution in [0.15, 0.2) is 18.2 Å². The molecule has 1 aliphatic rings. The lowest BCUT2D eigenvalue weighted by molar-refractivity contribution is -0.116. The van der Waals surface area contributed by atoms with Gasteiger partial charge in [0, 0.05) is 18.7 Å². The first-order valence-electron chi connectivity index (χ1n) is 5.71. The van der Waals surface area contributed by atoms with Crippen LogP contribution in [0, 0.1) is 0 Å². The molecule has 0 bridgehead atoms. The number of nitrogens with one attached hydrogen (secondary N) is 1. The molecule has 0 radical (unpaired) electrons. The molecule has 1 amide bonds. The first kappa shape index (κ1) is 11.1. The van der Waals surface area contributed by atoms with Crippen LogP contribution in [0.2, 0.25) is 0 Å². The van der Waals surface area contributed by atoms with Gasteiger partial charge in [0.15, 0.2) is 0 Å². The van der Waals surface area contributed by atoms with E-state index in [2.05, 4.69) is 36.4 Å². The third-order valence-corrected chi connectivity index (χ3v) is 2.91. The second kappa shape index (κ2) is 4.66. The minimum absolute atomic E-state index is 0.133. The van der Waals surface area contributed by atoms with Gasteiger partial charge in [-0.1, -0.05) is 12.1 Å². The molecule has 1 aromatic carbocycles. The third-order valence-electron chi connectivity index (χ3n) is 2.91. The van der Waals surface area contributed by atoms with E-state index >= 15 is 0 Å². The molecule has 0 saturated carbocycles. The first-order chi connectivity index (χ1) is 7.65. The van der Waals surface area contributed by atoms with Crippen LogP contribution in [0.4, 0.5) is 5.69 Å². The minimum Gasteiger partial charge on any atom is -0.326 e. The van der Waals surface area contributed by atoms with Gasteiger partial charge in [-0.15, -0.1) is 0 Å². The van der Waals surface area contributed by atoms with Gasteiger partial charge in [0.05, 0.1) is 0 Å². The van der Waals surface area contributed by atoms with Gasteiger partial charge in [-0.05, 0) is 44.1 Å². The average molecular weight is 218 g/mol. The molecule has 0 aliphatic carbocycles. The molecular formula is C13H18N2O. The number of hydrogen-bond acceptors (Lipinski definition) is 2. The fraction of sp³-hybridized carbons (Fsp3) is 0.462. The maximum absolute atomic E-state index is 11.2. The smallest absolute Gasteiger partial charge is 0.224 e. The van der Waals surface area contributed by atoms with Crippen molar-refractivity contribution in [3.63, 3.8) is 0 Å². The van der Waals surface area contributed by atoms with Crippen LogP contribution in [0.3, 0.4) is 0 Å². The monoisotopic (exact) mass is 218 g/mol. The van der Waals surface area contributed by atoms with Crippen molar-refractivity contribution in [2.45, 2.75) is 19.3 Å². The van der Waals surface area contributed by atoms with Crippen molar-refractivity contribution >= 4 is 11.6 Å². The zero-order valence-electron chi connectivity index (χ0n) is 9.92. The molecule has 0 unspecified atom stereocenters. The highest BCUT2D eigenvalue weighted by molar-refractivity contribution is 5.93. The van der Waals surface area contributed by atoms with Gasteiger partial charge in [0.1, 0.15) is 0 Å². The fourth-order valence-electron chi connectivity index (χ4n) is 1.94. The Morgan fingerprint density at radius 1 is 1.31 bits per heavy atom. The van der Waals surface area contributed by atoms with E-state index in [-0.39, 0.29) is 5.91 Å².